The summed E-state index contributed by atoms with van der Waals surface area (Å²) in [5.74, 6) is 0.415. The highest BCUT2D eigenvalue weighted by molar-refractivity contribution is 7.18. The van der Waals surface area contributed by atoms with Gasteiger partial charge in [-0.05, 0) is 55.0 Å². The number of ether oxygens (including phenoxy) is 2. The molecule has 2 heterocycles. The lowest BCUT2D eigenvalue weighted by Gasteiger charge is -2.37. The van der Waals surface area contributed by atoms with Crippen molar-refractivity contribution in [1.82, 2.24) is 4.98 Å². The molecule has 35 heavy (non-hydrogen) atoms. The van der Waals surface area contributed by atoms with E-state index < -0.39 is 11.6 Å². The average molecular weight is 489 g/mol. The maximum absolute atomic E-state index is 11.4. The van der Waals surface area contributed by atoms with Crippen LogP contribution in [0.3, 0.4) is 0 Å². The second kappa shape index (κ2) is 9.99. The minimum Gasteiger partial charge on any atom is -0.497 e. The lowest BCUT2D eigenvalue weighted by atomic mass is 9.88. The molecule has 1 aliphatic heterocycles. The topological polar surface area (TPSA) is 97.8 Å². The number of methoxy groups -OCH3 is 1. The molecule has 0 saturated carbocycles. The van der Waals surface area contributed by atoms with Crippen LogP contribution >= 0.6 is 11.3 Å². The van der Waals surface area contributed by atoms with Crippen LogP contribution < -0.4 is 14.8 Å². The summed E-state index contributed by atoms with van der Waals surface area (Å²) < 4.78 is 10.4. The molecule has 178 valence electrons. The maximum atomic E-state index is 11.4. The Balaban J connectivity index is 0.000000243. The Kier molecular flexibility index (Phi) is 6.84. The first-order chi connectivity index (χ1) is 16.9. The van der Waals surface area contributed by atoms with E-state index in [0.29, 0.717) is 22.0 Å². The standard InChI is InChI=1S/C19H13NO4S.C8H11NO/c1-19(18(22)23)13-9-12(7-8-15(13)24-19)17-20-14(10-21)16(25-17)11-5-3-2-4-6-11;1-9-7-3-5-8(10-2)6-4-7/h2-10H,1H3,(H,22,23);3-6,9H,1-2H3. The molecule has 0 amide bonds. The molecule has 0 aliphatic carbocycles. The Labute approximate surface area is 207 Å². The number of rotatable bonds is 6. The number of thiazole rings is 1. The van der Waals surface area contributed by atoms with Crippen LogP contribution in [0.1, 0.15) is 23.0 Å². The van der Waals surface area contributed by atoms with E-state index in [0.717, 1.165) is 33.7 Å². The van der Waals surface area contributed by atoms with Crippen molar-refractivity contribution in [3.63, 3.8) is 0 Å². The van der Waals surface area contributed by atoms with Gasteiger partial charge in [0.1, 0.15) is 22.2 Å². The number of benzene rings is 3. The van der Waals surface area contributed by atoms with E-state index in [2.05, 4.69) is 10.3 Å². The Morgan fingerprint density at radius 2 is 1.80 bits per heavy atom. The van der Waals surface area contributed by atoms with Crippen LogP contribution in [0.25, 0.3) is 21.0 Å². The monoisotopic (exact) mass is 488 g/mol. The number of nitrogens with one attached hydrogen (secondary N) is 1. The molecule has 0 fully saturated rings. The summed E-state index contributed by atoms with van der Waals surface area (Å²) in [6.45, 7) is 1.52. The second-order valence-corrected chi connectivity index (χ2v) is 8.85. The van der Waals surface area contributed by atoms with Crippen LogP contribution in [0.5, 0.6) is 11.5 Å². The van der Waals surface area contributed by atoms with Crippen molar-refractivity contribution in [2.45, 2.75) is 12.5 Å². The van der Waals surface area contributed by atoms with E-state index in [1.807, 2.05) is 67.7 Å². The van der Waals surface area contributed by atoms with Gasteiger partial charge in [0.05, 0.1) is 12.0 Å². The smallest absolute Gasteiger partial charge is 0.352 e. The molecule has 1 aliphatic rings. The molecule has 0 saturated heterocycles. The molecule has 8 heteroatoms. The molecule has 1 unspecified atom stereocenters. The van der Waals surface area contributed by atoms with E-state index in [1.165, 1.54) is 18.3 Å². The molecule has 7 nitrogen and oxygen atoms in total. The summed E-state index contributed by atoms with van der Waals surface area (Å²) in [7, 11) is 3.55. The first kappa shape index (κ1) is 24.0. The number of hydrogen-bond acceptors (Lipinski definition) is 7. The minimum absolute atomic E-state index is 0.381. The number of anilines is 1. The highest BCUT2D eigenvalue weighted by Crippen LogP contribution is 2.46. The van der Waals surface area contributed by atoms with Gasteiger partial charge >= 0.3 is 5.97 Å². The summed E-state index contributed by atoms with van der Waals surface area (Å²) in [5, 5.41) is 13.0. The number of nitrogens with zero attached hydrogens (tertiary/aromatic N) is 1. The molecule has 5 rings (SSSR count). The van der Waals surface area contributed by atoms with Crippen LogP contribution in [0.4, 0.5) is 5.69 Å². The van der Waals surface area contributed by atoms with Crippen molar-refractivity contribution in [3.8, 4) is 32.5 Å². The Bertz CT molecular complexity index is 1330. The highest BCUT2D eigenvalue weighted by Gasteiger charge is 2.48. The van der Waals surface area contributed by atoms with E-state index in [1.54, 1.807) is 19.2 Å². The van der Waals surface area contributed by atoms with Crippen LogP contribution in [-0.2, 0) is 10.4 Å². The molecule has 2 N–H and O–H groups in total. The predicted octanol–water partition coefficient (Wildman–Crippen LogP) is 5.72. The number of hydrogen-bond donors (Lipinski definition) is 2. The van der Waals surface area contributed by atoms with Gasteiger partial charge in [-0.2, -0.15) is 0 Å². The molecular weight excluding hydrogens is 464 g/mol. The third-order valence-corrected chi connectivity index (χ3v) is 6.81. The molecule has 0 radical (unpaired) electrons. The predicted molar refractivity (Wildman–Crippen MR) is 137 cm³/mol. The van der Waals surface area contributed by atoms with E-state index in [-0.39, 0.29) is 0 Å². The van der Waals surface area contributed by atoms with Gasteiger partial charge in [0, 0.05) is 23.9 Å². The maximum Gasteiger partial charge on any atom is 0.352 e. The summed E-state index contributed by atoms with van der Waals surface area (Å²) in [4.78, 5) is 28.1. The number of carboxylic acid groups (broad SMARTS) is 1. The molecule has 1 aromatic heterocycles. The minimum atomic E-state index is -1.33. The number of carboxylic acids is 1. The van der Waals surface area contributed by atoms with E-state index in [4.69, 9.17) is 9.47 Å². The van der Waals surface area contributed by atoms with Crippen molar-refractivity contribution in [2.24, 2.45) is 0 Å². The lowest BCUT2D eigenvalue weighted by Crippen LogP contribution is -2.45. The molecule has 3 aromatic carbocycles. The number of fused-ring (bicyclic) bond motifs is 1. The summed E-state index contributed by atoms with van der Waals surface area (Å²) in [5.41, 5.74) is 2.45. The first-order valence-corrected chi connectivity index (χ1v) is 11.6. The van der Waals surface area contributed by atoms with Crippen molar-refractivity contribution in [3.05, 3.63) is 84.1 Å². The van der Waals surface area contributed by atoms with Crippen LogP contribution in [0.15, 0.2) is 72.8 Å². The molecular formula is C27H24N2O5S. The van der Waals surface area contributed by atoms with Gasteiger partial charge in [-0.3, -0.25) is 4.79 Å². The zero-order valence-electron chi connectivity index (χ0n) is 19.4. The number of aldehydes is 1. The van der Waals surface area contributed by atoms with Crippen molar-refractivity contribution >= 4 is 29.3 Å². The van der Waals surface area contributed by atoms with Crippen molar-refractivity contribution in [2.75, 3.05) is 19.5 Å². The van der Waals surface area contributed by atoms with Gasteiger partial charge in [0.25, 0.3) is 0 Å². The van der Waals surface area contributed by atoms with E-state index in [9.17, 15) is 14.7 Å². The lowest BCUT2D eigenvalue weighted by molar-refractivity contribution is -0.159. The number of carbonyl (C=O) groups is 2. The normalized spacial score (nSPS) is 15.4. The summed E-state index contributed by atoms with van der Waals surface area (Å²) in [6, 6.07) is 22.7. The first-order valence-electron chi connectivity index (χ1n) is 10.8. The van der Waals surface area contributed by atoms with Crippen molar-refractivity contribution in [1.29, 1.82) is 0 Å². The van der Waals surface area contributed by atoms with Crippen LogP contribution in [0.2, 0.25) is 0 Å². The summed E-state index contributed by atoms with van der Waals surface area (Å²) in [6.07, 6.45) is 0.744. The molecule has 4 aromatic rings. The number of aromatic nitrogens is 1. The Morgan fingerprint density at radius 3 is 2.40 bits per heavy atom. The molecule has 0 spiro atoms. The Hall–Kier alpha value is -4.17. The fourth-order valence-electron chi connectivity index (χ4n) is 3.60. The van der Waals surface area contributed by atoms with Gasteiger partial charge in [0.2, 0.25) is 5.60 Å². The third kappa shape index (κ3) is 4.74. The van der Waals surface area contributed by atoms with Crippen molar-refractivity contribution < 1.29 is 24.2 Å². The van der Waals surface area contributed by atoms with Crippen LogP contribution in [-0.4, -0.2) is 36.5 Å². The quantitative estimate of drug-likeness (QED) is 0.335. The highest BCUT2D eigenvalue weighted by atomic mass is 32.1. The SMILES string of the molecule is CC1(C(=O)O)Oc2ccc(-c3nc(C=O)c(-c4ccccc4)s3)cc21.CNc1ccc(OC)cc1. The zero-order chi connectivity index (χ0) is 25.0. The Morgan fingerprint density at radius 1 is 1.09 bits per heavy atom. The number of carbonyl (C=O) groups excluding carboxylic acids is 1. The third-order valence-electron chi connectivity index (χ3n) is 5.64. The largest absolute Gasteiger partial charge is 0.497 e. The van der Waals surface area contributed by atoms with Gasteiger partial charge in [-0.15, -0.1) is 11.3 Å². The van der Waals surface area contributed by atoms with Gasteiger partial charge in [-0.25, -0.2) is 9.78 Å². The average Bonchev–Trinajstić information content (AvgIpc) is 3.33. The fraction of sp³-hybridized carbons (Fsp3) is 0.148. The summed E-state index contributed by atoms with van der Waals surface area (Å²) >= 11 is 1.41. The van der Waals surface area contributed by atoms with Crippen LogP contribution in [0, 0.1) is 0 Å². The van der Waals surface area contributed by atoms with Gasteiger partial charge < -0.3 is 19.9 Å². The van der Waals surface area contributed by atoms with E-state index >= 15 is 0 Å². The van der Waals surface area contributed by atoms with Gasteiger partial charge in [0.15, 0.2) is 6.29 Å². The molecule has 1 atom stereocenters. The fourth-order valence-corrected chi connectivity index (χ4v) is 4.64. The zero-order valence-corrected chi connectivity index (χ0v) is 20.3. The van der Waals surface area contributed by atoms with Gasteiger partial charge in [-0.1, -0.05) is 30.3 Å². The molecule has 0 bridgehead atoms. The number of aliphatic carboxylic acids is 1. The second-order valence-electron chi connectivity index (χ2n) is 7.85.